The first kappa shape index (κ1) is 48.1. The molecule has 0 amide bonds. The van der Waals surface area contributed by atoms with E-state index in [1.54, 1.807) is 12.2 Å². The molecule has 52 heavy (non-hydrogen) atoms. The molecule has 302 valence electrons. The van der Waals surface area contributed by atoms with E-state index in [0.717, 1.165) is 57.8 Å². The van der Waals surface area contributed by atoms with Crippen molar-refractivity contribution in [2.24, 2.45) is 11.8 Å². The summed E-state index contributed by atoms with van der Waals surface area (Å²) in [6.45, 7) is 3.22. The van der Waals surface area contributed by atoms with Gasteiger partial charge in [0, 0.05) is 43.9 Å². The number of ketones is 1. The Balaban J connectivity index is 2.36. The zero-order valence-electron chi connectivity index (χ0n) is 31.8. The van der Waals surface area contributed by atoms with E-state index in [1.807, 2.05) is 0 Å². The van der Waals surface area contributed by atoms with Crippen LogP contribution in [0.25, 0.3) is 0 Å². The van der Waals surface area contributed by atoms with Gasteiger partial charge in [0.25, 0.3) is 0 Å². The fourth-order valence-corrected chi connectivity index (χ4v) is 6.72. The van der Waals surface area contributed by atoms with Gasteiger partial charge in [-0.2, -0.15) is 0 Å². The molecule has 1 saturated carbocycles. The van der Waals surface area contributed by atoms with Gasteiger partial charge in [-0.25, -0.2) is 4.57 Å². The molecule has 1 aliphatic rings. The highest BCUT2D eigenvalue weighted by Gasteiger charge is 2.41. The summed E-state index contributed by atoms with van der Waals surface area (Å²) in [5, 5.41) is 31.1. The number of aliphatic hydroxyl groups is 3. The smallest absolute Gasteiger partial charge is 0.462 e. The average molecular weight is 761 g/mol. The van der Waals surface area contributed by atoms with Gasteiger partial charge in [-0.15, -0.1) is 0 Å². The fourth-order valence-electron chi connectivity index (χ4n) is 6.36. The molecule has 0 aromatic rings. The fraction of sp³-hybridized carbons (Fsp3) is 0.821. The number of hydrogen-bond donors (Lipinski definition) is 5. The Kier molecular flexibility index (Phi) is 27.2. The number of carbonyl (C=O) groups excluding carboxylic acids is 3. The van der Waals surface area contributed by atoms with Crippen LogP contribution in [0.4, 0.5) is 0 Å². The summed E-state index contributed by atoms with van der Waals surface area (Å²) in [4.78, 5) is 55.7. The monoisotopic (exact) mass is 760 g/mol. The number of ether oxygens (including phenoxy) is 2. The number of hydrogen-bond acceptors (Lipinski definition) is 10. The van der Waals surface area contributed by atoms with Gasteiger partial charge in [0.15, 0.2) is 6.10 Å². The first-order valence-electron chi connectivity index (χ1n) is 19.8. The predicted octanol–water partition coefficient (Wildman–Crippen LogP) is 7.18. The molecule has 0 unspecified atom stereocenters. The Hall–Kier alpha value is -1.92. The summed E-state index contributed by atoms with van der Waals surface area (Å²) >= 11 is 0. The second kappa shape index (κ2) is 29.4. The molecule has 0 heterocycles. The molecule has 12 nitrogen and oxygen atoms in total. The van der Waals surface area contributed by atoms with Crippen LogP contribution in [0.1, 0.15) is 155 Å². The van der Waals surface area contributed by atoms with E-state index >= 15 is 0 Å². The molecule has 0 radical (unpaired) electrons. The Morgan fingerprint density at radius 2 is 1.33 bits per heavy atom. The van der Waals surface area contributed by atoms with Crippen LogP contribution >= 0.6 is 7.82 Å². The Morgan fingerprint density at radius 3 is 2.00 bits per heavy atom. The molecule has 0 bridgehead atoms. The van der Waals surface area contributed by atoms with E-state index in [4.69, 9.17) is 19.3 Å². The summed E-state index contributed by atoms with van der Waals surface area (Å²) in [5.74, 6) is -2.17. The lowest BCUT2D eigenvalue weighted by atomic mass is 9.87. The third kappa shape index (κ3) is 25.2. The van der Waals surface area contributed by atoms with E-state index in [1.165, 1.54) is 25.7 Å². The summed E-state index contributed by atoms with van der Waals surface area (Å²) < 4.78 is 26.2. The van der Waals surface area contributed by atoms with Crippen LogP contribution in [-0.4, -0.2) is 80.5 Å². The van der Waals surface area contributed by atoms with Crippen LogP contribution in [-0.2, 0) is 32.9 Å². The Morgan fingerprint density at radius 1 is 0.750 bits per heavy atom. The van der Waals surface area contributed by atoms with E-state index in [-0.39, 0.29) is 37.9 Å². The van der Waals surface area contributed by atoms with Crippen LogP contribution in [0.15, 0.2) is 24.3 Å². The van der Waals surface area contributed by atoms with Crippen molar-refractivity contribution < 1.29 is 58.1 Å². The summed E-state index contributed by atoms with van der Waals surface area (Å²) in [6, 6.07) is 0. The molecule has 5 N–H and O–H groups in total. The van der Waals surface area contributed by atoms with Crippen molar-refractivity contribution >= 4 is 25.5 Å². The molecule has 1 rings (SSSR count). The third-order valence-electron chi connectivity index (χ3n) is 9.42. The van der Waals surface area contributed by atoms with Crippen molar-refractivity contribution in [3.63, 3.8) is 0 Å². The van der Waals surface area contributed by atoms with Crippen molar-refractivity contribution in [3.8, 4) is 0 Å². The average Bonchev–Trinajstić information content (AvgIpc) is 3.35. The third-order valence-corrected chi connectivity index (χ3v) is 9.91. The summed E-state index contributed by atoms with van der Waals surface area (Å²) in [6.07, 6.45) is 21.1. The van der Waals surface area contributed by atoms with Crippen molar-refractivity contribution in [2.45, 2.75) is 180 Å². The van der Waals surface area contributed by atoms with Crippen LogP contribution in [0.3, 0.4) is 0 Å². The zero-order valence-corrected chi connectivity index (χ0v) is 32.7. The minimum atomic E-state index is -4.84. The second-order valence-electron chi connectivity index (χ2n) is 14.2. The molecular formula is C39H69O12P. The number of esters is 2. The molecule has 0 spiro atoms. The SMILES string of the molecule is CCCCCC/C=C\CCCCCCCC(=O)O[C@H](COC(=O)CCCCC(=O)C[C@@H]1[C@@H](/C=C/[C@@H](O)CCCCC)[C@H](O)C[C@@H]1O)COP(=O)(O)O. The lowest BCUT2D eigenvalue weighted by molar-refractivity contribution is -0.161. The topological polar surface area (TPSA) is 197 Å². The van der Waals surface area contributed by atoms with E-state index in [0.29, 0.717) is 25.7 Å². The number of phosphoric ester groups is 1. The highest BCUT2D eigenvalue weighted by Crippen LogP contribution is 2.37. The molecule has 0 aromatic carbocycles. The van der Waals surface area contributed by atoms with Gasteiger partial charge < -0.3 is 34.6 Å². The number of unbranched alkanes of at least 4 members (excludes halogenated alkanes) is 12. The minimum absolute atomic E-state index is 0.0197. The molecule has 0 saturated heterocycles. The predicted molar refractivity (Wildman–Crippen MR) is 200 cm³/mol. The number of aliphatic hydroxyl groups excluding tert-OH is 3. The molecule has 6 atom stereocenters. The first-order valence-corrected chi connectivity index (χ1v) is 21.3. The van der Waals surface area contributed by atoms with Crippen LogP contribution in [0.2, 0.25) is 0 Å². The van der Waals surface area contributed by atoms with Crippen LogP contribution < -0.4 is 0 Å². The van der Waals surface area contributed by atoms with Crippen LogP contribution in [0, 0.1) is 11.8 Å². The van der Waals surface area contributed by atoms with E-state index in [9.17, 15) is 34.3 Å². The van der Waals surface area contributed by atoms with Gasteiger partial charge in [-0.1, -0.05) is 95.9 Å². The van der Waals surface area contributed by atoms with Crippen molar-refractivity contribution in [3.05, 3.63) is 24.3 Å². The number of phosphoric acid groups is 1. The summed E-state index contributed by atoms with van der Waals surface area (Å²) in [7, 11) is -4.84. The van der Waals surface area contributed by atoms with Gasteiger partial charge >= 0.3 is 19.8 Å². The minimum Gasteiger partial charge on any atom is -0.462 e. The number of carbonyl (C=O) groups is 3. The maximum atomic E-state index is 12.7. The lowest BCUT2D eigenvalue weighted by Crippen LogP contribution is -2.29. The molecular weight excluding hydrogens is 691 g/mol. The Labute approximate surface area is 312 Å². The van der Waals surface area contributed by atoms with Gasteiger partial charge in [0.2, 0.25) is 0 Å². The van der Waals surface area contributed by atoms with Gasteiger partial charge in [-0.3, -0.25) is 18.9 Å². The number of rotatable bonds is 32. The summed E-state index contributed by atoms with van der Waals surface area (Å²) in [5.41, 5.74) is 0. The van der Waals surface area contributed by atoms with Gasteiger partial charge in [0.1, 0.15) is 12.4 Å². The maximum Gasteiger partial charge on any atom is 0.469 e. The molecule has 1 fully saturated rings. The largest absolute Gasteiger partial charge is 0.469 e. The number of allylic oxidation sites excluding steroid dienone is 2. The Bertz CT molecular complexity index is 1070. The second-order valence-corrected chi connectivity index (χ2v) is 15.5. The molecule has 1 aliphatic carbocycles. The van der Waals surface area contributed by atoms with Crippen LogP contribution in [0.5, 0.6) is 0 Å². The lowest BCUT2D eigenvalue weighted by Gasteiger charge is -2.20. The molecule has 0 aliphatic heterocycles. The van der Waals surface area contributed by atoms with Gasteiger partial charge in [0.05, 0.1) is 24.9 Å². The highest BCUT2D eigenvalue weighted by atomic mass is 31.2. The van der Waals surface area contributed by atoms with Crippen molar-refractivity contribution in [1.29, 1.82) is 0 Å². The molecule has 13 heteroatoms. The first-order chi connectivity index (χ1) is 24.9. The normalized spacial score (nSPS) is 20.4. The van der Waals surface area contributed by atoms with E-state index < -0.39 is 69.2 Å². The van der Waals surface area contributed by atoms with Crippen molar-refractivity contribution in [2.75, 3.05) is 13.2 Å². The highest BCUT2D eigenvalue weighted by molar-refractivity contribution is 7.46. The zero-order chi connectivity index (χ0) is 38.6. The molecule has 0 aromatic heterocycles. The quantitative estimate of drug-likeness (QED) is 0.0201. The van der Waals surface area contributed by atoms with E-state index in [2.05, 4.69) is 30.5 Å². The standard InChI is InChI=1S/C39H69O12P/c1-3-5-7-8-9-10-11-12-13-14-15-16-18-24-39(45)51-33(30-50-52(46,47)48)29-49-38(44)23-20-19-22-32(41)27-35-34(36(42)28-37(35)43)26-25-31(40)21-17-6-4-2/h10-11,25-26,31,33-37,40,42-43H,3-9,12-24,27-30H2,1-2H3,(H2,46,47,48)/b11-10-,26-25+/t31-,33+,34+,35+,36+,37-/m0/s1. The van der Waals surface area contributed by atoms with Gasteiger partial charge in [-0.05, 0) is 51.4 Å². The maximum absolute atomic E-state index is 12.7. The number of Topliss-reactive ketones (excluding diaryl/α,β-unsaturated/α-hetero) is 1. The van der Waals surface area contributed by atoms with Crippen molar-refractivity contribution in [1.82, 2.24) is 0 Å².